The maximum Gasteiger partial charge on any atom is 0.323 e. The second-order valence-electron chi connectivity index (χ2n) is 7.65. The normalized spacial score (nSPS) is 10.8. The Hall–Kier alpha value is -4.24. The standard InChI is InChI=1S/C25H20BrN7O/c1-33-14-17(13-29-33)16-8-9-22-23(10-16)27-15-28-24(22)30-20-6-3-7-21(12-20)32-25(34)31-19-5-2-4-18(26)11-19/h2-15H,1H3,(H,27,28,30)(H2,31,32,34). The summed E-state index contributed by atoms with van der Waals surface area (Å²) in [7, 11) is 1.89. The minimum absolute atomic E-state index is 0.328. The molecule has 3 N–H and O–H groups in total. The first-order chi connectivity index (χ1) is 16.5. The number of nitrogens with one attached hydrogen (secondary N) is 3. The van der Waals surface area contributed by atoms with Crippen LogP contribution in [0.15, 0.2) is 89.9 Å². The quantitative estimate of drug-likeness (QED) is 0.260. The molecule has 0 radical (unpaired) electrons. The Kier molecular flexibility index (Phi) is 5.92. The predicted molar refractivity (Wildman–Crippen MR) is 138 cm³/mol. The van der Waals surface area contributed by atoms with Crippen molar-refractivity contribution >= 4 is 55.7 Å². The highest BCUT2D eigenvalue weighted by molar-refractivity contribution is 9.10. The van der Waals surface area contributed by atoms with Gasteiger partial charge in [0.25, 0.3) is 0 Å². The molecule has 0 spiro atoms. The molecule has 0 unspecified atom stereocenters. The summed E-state index contributed by atoms with van der Waals surface area (Å²) in [5, 5.41) is 14.1. The number of hydrogen-bond acceptors (Lipinski definition) is 5. The summed E-state index contributed by atoms with van der Waals surface area (Å²) in [6, 6.07) is 20.6. The van der Waals surface area contributed by atoms with Crippen LogP contribution in [0.4, 0.5) is 27.7 Å². The highest BCUT2D eigenvalue weighted by Gasteiger charge is 2.09. The largest absolute Gasteiger partial charge is 0.340 e. The van der Waals surface area contributed by atoms with E-state index < -0.39 is 0 Å². The second kappa shape index (κ2) is 9.32. The number of benzene rings is 3. The molecule has 0 saturated heterocycles. The van der Waals surface area contributed by atoms with E-state index >= 15 is 0 Å². The molecule has 0 aliphatic rings. The molecule has 0 saturated carbocycles. The van der Waals surface area contributed by atoms with Gasteiger partial charge in [0.15, 0.2) is 0 Å². The molecule has 2 aromatic heterocycles. The van der Waals surface area contributed by atoms with Crippen molar-refractivity contribution in [3.63, 3.8) is 0 Å². The summed E-state index contributed by atoms with van der Waals surface area (Å²) in [6.45, 7) is 0. The molecule has 168 valence electrons. The Balaban J connectivity index is 1.33. The lowest BCUT2D eigenvalue weighted by atomic mass is 10.1. The number of halogens is 1. The number of amides is 2. The van der Waals surface area contributed by atoms with Gasteiger partial charge in [-0.15, -0.1) is 0 Å². The number of carbonyl (C=O) groups excluding carboxylic acids is 1. The zero-order valence-corrected chi connectivity index (χ0v) is 19.7. The molecule has 5 aromatic rings. The second-order valence-corrected chi connectivity index (χ2v) is 8.57. The first-order valence-electron chi connectivity index (χ1n) is 10.5. The Morgan fingerprint density at radius 1 is 0.882 bits per heavy atom. The van der Waals surface area contributed by atoms with Crippen molar-refractivity contribution in [2.24, 2.45) is 7.05 Å². The summed E-state index contributed by atoms with van der Waals surface area (Å²) < 4.78 is 2.66. The van der Waals surface area contributed by atoms with Gasteiger partial charge in [-0.05, 0) is 54.1 Å². The van der Waals surface area contributed by atoms with E-state index in [1.54, 1.807) is 4.68 Å². The Morgan fingerprint density at radius 2 is 1.65 bits per heavy atom. The van der Waals surface area contributed by atoms with Crippen molar-refractivity contribution in [3.05, 3.63) is 89.9 Å². The lowest BCUT2D eigenvalue weighted by Gasteiger charge is -2.12. The van der Waals surface area contributed by atoms with Crippen LogP contribution in [0.25, 0.3) is 22.0 Å². The van der Waals surface area contributed by atoms with Crippen LogP contribution in [0.3, 0.4) is 0 Å². The molecule has 8 nitrogen and oxygen atoms in total. The van der Waals surface area contributed by atoms with Gasteiger partial charge in [0, 0.05) is 45.7 Å². The topological polar surface area (TPSA) is 96.8 Å². The van der Waals surface area contributed by atoms with E-state index in [-0.39, 0.29) is 6.03 Å². The molecule has 9 heteroatoms. The summed E-state index contributed by atoms with van der Waals surface area (Å²) in [5.74, 6) is 0.679. The molecule has 3 aromatic carbocycles. The third-order valence-corrected chi connectivity index (χ3v) is 5.63. The SMILES string of the molecule is Cn1cc(-c2ccc3c(Nc4cccc(NC(=O)Nc5cccc(Br)c5)c4)ncnc3c2)cn1. The molecule has 34 heavy (non-hydrogen) atoms. The molecule has 2 heterocycles. The average Bonchev–Trinajstić information content (AvgIpc) is 3.25. The number of nitrogens with zero attached hydrogens (tertiary/aromatic N) is 4. The number of hydrogen-bond donors (Lipinski definition) is 3. The van der Waals surface area contributed by atoms with Crippen LogP contribution < -0.4 is 16.0 Å². The van der Waals surface area contributed by atoms with Gasteiger partial charge < -0.3 is 16.0 Å². The van der Waals surface area contributed by atoms with Crippen LogP contribution in [0, 0.1) is 0 Å². The molecule has 5 rings (SSSR count). The Morgan fingerprint density at radius 3 is 2.41 bits per heavy atom. The smallest absolute Gasteiger partial charge is 0.323 e. The summed E-state index contributed by atoms with van der Waals surface area (Å²) in [4.78, 5) is 21.3. The van der Waals surface area contributed by atoms with Crippen molar-refractivity contribution in [2.45, 2.75) is 0 Å². The van der Waals surface area contributed by atoms with Crippen LogP contribution in [-0.2, 0) is 7.05 Å². The number of urea groups is 1. The van der Waals surface area contributed by atoms with Gasteiger partial charge in [-0.25, -0.2) is 14.8 Å². The minimum atomic E-state index is -0.328. The number of rotatable bonds is 5. The highest BCUT2D eigenvalue weighted by Crippen LogP contribution is 2.28. The van der Waals surface area contributed by atoms with Gasteiger partial charge in [0.05, 0.1) is 11.7 Å². The van der Waals surface area contributed by atoms with Gasteiger partial charge in [0.2, 0.25) is 0 Å². The van der Waals surface area contributed by atoms with Crippen molar-refractivity contribution in [1.29, 1.82) is 0 Å². The average molecular weight is 514 g/mol. The Bertz CT molecular complexity index is 1500. The summed E-state index contributed by atoms with van der Waals surface area (Å²) >= 11 is 3.40. The number of fused-ring (bicyclic) bond motifs is 1. The molecular weight excluding hydrogens is 494 g/mol. The third-order valence-electron chi connectivity index (χ3n) is 5.14. The van der Waals surface area contributed by atoms with Crippen LogP contribution in [0.2, 0.25) is 0 Å². The van der Waals surface area contributed by atoms with E-state index in [2.05, 4.69) is 46.9 Å². The van der Waals surface area contributed by atoms with Gasteiger partial charge in [0.1, 0.15) is 12.1 Å². The highest BCUT2D eigenvalue weighted by atomic mass is 79.9. The first kappa shape index (κ1) is 21.6. The minimum Gasteiger partial charge on any atom is -0.340 e. The number of aromatic nitrogens is 4. The zero-order chi connectivity index (χ0) is 23.5. The number of anilines is 4. The number of carbonyl (C=O) groups is 1. The lowest BCUT2D eigenvalue weighted by molar-refractivity contribution is 0.262. The van der Waals surface area contributed by atoms with Crippen LogP contribution >= 0.6 is 15.9 Å². The molecule has 0 atom stereocenters. The van der Waals surface area contributed by atoms with E-state index in [4.69, 9.17) is 0 Å². The monoisotopic (exact) mass is 513 g/mol. The maximum atomic E-state index is 12.4. The van der Waals surface area contributed by atoms with Crippen molar-refractivity contribution in [3.8, 4) is 11.1 Å². The van der Waals surface area contributed by atoms with Gasteiger partial charge in [-0.3, -0.25) is 4.68 Å². The fourth-order valence-corrected chi connectivity index (χ4v) is 3.98. The molecule has 2 amide bonds. The van der Waals surface area contributed by atoms with E-state index in [9.17, 15) is 4.79 Å². The van der Waals surface area contributed by atoms with Gasteiger partial charge in [-0.1, -0.05) is 34.1 Å². The fourth-order valence-electron chi connectivity index (χ4n) is 3.58. The van der Waals surface area contributed by atoms with Crippen molar-refractivity contribution in [1.82, 2.24) is 19.7 Å². The number of aryl methyl sites for hydroxylation is 1. The predicted octanol–water partition coefficient (Wildman–Crippen LogP) is 6.18. The van der Waals surface area contributed by atoms with Gasteiger partial charge in [-0.2, -0.15) is 5.10 Å². The Labute approximate surface area is 204 Å². The molecule has 0 bridgehead atoms. The van der Waals surface area contributed by atoms with E-state index in [1.807, 2.05) is 86.2 Å². The molecule has 0 aliphatic carbocycles. The van der Waals surface area contributed by atoms with E-state index in [0.29, 0.717) is 17.2 Å². The molecule has 0 aliphatic heterocycles. The lowest BCUT2D eigenvalue weighted by Crippen LogP contribution is -2.19. The summed E-state index contributed by atoms with van der Waals surface area (Å²) in [5.41, 5.74) is 5.01. The molecule has 0 fully saturated rings. The maximum absolute atomic E-state index is 12.4. The van der Waals surface area contributed by atoms with Gasteiger partial charge >= 0.3 is 6.03 Å². The fraction of sp³-hybridized carbons (Fsp3) is 0.0400. The van der Waals surface area contributed by atoms with E-state index in [0.717, 1.165) is 32.2 Å². The van der Waals surface area contributed by atoms with Crippen LogP contribution in [0.5, 0.6) is 0 Å². The van der Waals surface area contributed by atoms with Crippen LogP contribution in [-0.4, -0.2) is 25.8 Å². The van der Waals surface area contributed by atoms with Crippen molar-refractivity contribution in [2.75, 3.05) is 16.0 Å². The van der Waals surface area contributed by atoms with E-state index in [1.165, 1.54) is 6.33 Å². The first-order valence-corrected chi connectivity index (χ1v) is 11.3. The summed E-state index contributed by atoms with van der Waals surface area (Å²) in [6.07, 6.45) is 5.32. The zero-order valence-electron chi connectivity index (χ0n) is 18.2. The molecular formula is C25H20BrN7O. The third kappa shape index (κ3) is 4.89. The van der Waals surface area contributed by atoms with Crippen molar-refractivity contribution < 1.29 is 4.79 Å². The van der Waals surface area contributed by atoms with Crippen LogP contribution in [0.1, 0.15) is 0 Å².